The van der Waals surface area contributed by atoms with Crippen molar-refractivity contribution in [2.24, 2.45) is 5.73 Å². The summed E-state index contributed by atoms with van der Waals surface area (Å²) in [6, 6.07) is 12.7. The Balaban J connectivity index is 1.61. The maximum Gasteiger partial charge on any atom is 0.248 e. The number of likely N-dealkylation sites (tertiary alicyclic amines) is 1. The Morgan fingerprint density at radius 1 is 1.14 bits per heavy atom. The minimum absolute atomic E-state index is 0.271. The zero-order chi connectivity index (χ0) is 24.9. The van der Waals surface area contributed by atoms with Gasteiger partial charge in [-0.05, 0) is 93.7 Å². The molecule has 2 aromatic carbocycles. The lowest BCUT2D eigenvalue weighted by Gasteiger charge is -2.20. The molecule has 1 aliphatic rings. The van der Waals surface area contributed by atoms with Crippen LogP contribution in [0.1, 0.15) is 53.8 Å². The molecule has 0 bridgehead atoms. The third-order valence-corrected chi connectivity index (χ3v) is 7.07. The average molecular weight is 513 g/mol. The largest absolute Gasteiger partial charge is 0.482 e. The number of aromatic nitrogens is 1. The van der Waals surface area contributed by atoms with Crippen molar-refractivity contribution < 1.29 is 9.53 Å². The van der Waals surface area contributed by atoms with E-state index in [1.165, 1.54) is 12.8 Å². The number of amides is 1. The zero-order valence-corrected chi connectivity index (χ0v) is 21.3. The Bertz CT molecular complexity index is 1190. The van der Waals surface area contributed by atoms with Crippen LogP contribution in [0.5, 0.6) is 5.75 Å². The number of nitrogen functional groups attached to an aromatic ring is 1. The highest BCUT2D eigenvalue weighted by atomic mass is 35.5. The van der Waals surface area contributed by atoms with E-state index in [-0.39, 0.29) is 5.82 Å². The number of ether oxygens (including phenoxy) is 1. The molecule has 1 fully saturated rings. The number of rotatable bonds is 9. The summed E-state index contributed by atoms with van der Waals surface area (Å²) >= 11 is 12.7. The SMILES string of the molecule is CC(Oc1cc(-c2ccc(C(N)=O)cc2CCCN2CCCC2)cnc1N)c1c(Cl)cccc1Cl. The summed E-state index contributed by atoms with van der Waals surface area (Å²) in [5.74, 6) is 0.267. The lowest BCUT2D eigenvalue weighted by molar-refractivity contribution is 0.1000. The Labute approximate surface area is 216 Å². The second kappa shape index (κ2) is 11.3. The molecule has 0 aliphatic carbocycles. The van der Waals surface area contributed by atoms with Crippen molar-refractivity contribution in [1.29, 1.82) is 0 Å². The summed E-state index contributed by atoms with van der Waals surface area (Å²) in [6.07, 6.45) is 5.62. The summed E-state index contributed by atoms with van der Waals surface area (Å²) in [7, 11) is 0. The number of carbonyl (C=O) groups is 1. The highest BCUT2D eigenvalue weighted by Gasteiger charge is 2.19. The topological polar surface area (TPSA) is 94.5 Å². The van der Waals surface area contributed by atoms with Gasteiger partial charge < -0.3 is 21.1 Å². The Kier molecular flexibility index (Phi) is 8.16. The first kappa shape index (κ1) is 25.3. The van der Waals surface area contributed by atoms with Crippen molar-refractivity contribution >= 4 is 34.9 Å². The van der Waals surface area contributed by atoms with E-state index in [0.29, 0.717) is 26.9 Å². The van der Waals surface area contributed by atoms with Crippen LogP contribution in [-0.2, 0) is 6.42 Å². The van der Waals surface area contributed by atoms with E-state index in [1.54, 1.807) is 30.5 Å². The van der Waals surface area contributed by atoms with E-state index in [1.807, 2.05) is 25.1 Å². The summed E-state index contributed by atoms with van der Waals surface area (Å²) in [5, 5.41) is 1.05. The van der Waals surface area contributed by atoms with Crippen molar-refractivity contribution in [3.63, 3.8) is 0 Å². The predicted molar refractivity (Wildman–Crippen MR) is 142 cm³/mol. The van der Waals surface area contributed by atoms with Gasteiger partial charge in [-0.3, -0.25) is 4.79 Å². The molecule has 1 saturated heterocycles. The first-order valence-corrected chi connectivity index (χ1v) is 12.6. The molecule has 1 amide bonds. The van der Waals surface area contributed by atoms with Crippen LogP contribution < -0.4 is 16.2 Å². The van der Waals surface area contributed by atoms with Crippen LogP contribution in [-0.4, -0.2) is 35.4 Å². The third kappa shape index (κ3) is 6.07. The quantitative estimate of drug-likeness (QED) is 0.371. The molecule has 3 aromatic rings. The number of benzene rings is 2. The Morgan fingerprint density at radius 3 is 2.54 bits per heavy atom. The predicted octanol–water partition coefficient (Wildman–Crippen LogP) is 5.90. The molecular formula is C27H30Cl2N4O2. The molecule has 4 N–H and O–H groups in total. The zero-order valence-electron chi connectivity index (χ0n) is 19.8. The monoisotopic (exact) mass is 512 g/mol. The number of aryl methyl sites for hydroxylation is 1. The van der Waals surface area contributed by atoms with Crippen molar-refractivity contribution in [1.82, 2.24) is 9.88 Å². The highest BCUT2D eigenvalue weighted by molar-refractivity contribution is 6.36. The van der Waals surface area contributed by atoms with Crippen LogP contribution in [0.4, 0.5) is 5.82 Å². The van der Waals surface area contributed by atoms with Gasteiger partial charge in [0.15, 0.2) is 11.6 Å². The normalized spacial score (nSPS) is 14.7. The number of pyridine rings is 1. The molecule has 2 heterocycles. The van der Waals surface area contributed by atoms with Crippen molar-refractivity contribution in [2.45, 2.75) is 38.7 Å². The molecule has 0 spiro atoms. The van der Waals surface area contributed by atoms with E-state index >= 15 is 0 Å². The molecule has 8 heteroatoms. The summed E-state index contributed by atoms with van der Waals surface area (Å²) in [6.45, 7) is 5.21. The number of nitrogens with two attached hydrogens (primary N) is 2. The third-order valence-electron chi connectivity index (χ3n) is 6.41. The van der Waals surface area contributed by atoms with Crippen molar-refractivity contribution in [3.05, 3.63) is 75.4 Å². The van der Waals surface area contributed by atoms with Gasteiger partial charge in [-0.25, -0.2) is 4.98 Å². The van der Waals surface area contributed by atoms with Crippen LogP contribution in [0.15, 0.2) is 48.7 Å². The van der Waals surface area contributed by atoms with E-state index in [9.17, 15) is 4.79 Å². The van der Waals surface area contributed by atoms with Gasteiger partial charge in [0, 0.05) is 32.9 Å². The van der Waals surface area contributed by atoms with E-state index in [4.69, 9.17) is 39.4 Å². The van der Waals surface area contributed by atoms with Gasteiger partial charge in [0.2, 0.25) is 5.91 Å². The molecule has 1 aliphatic heterocycles. The summed E-state index contributed by atoms with van der Waals surface area (Å²) in [5.41, 5.74) is 15.8. The molecular weight excluding hydrogens is 483 g/mol. The molecule has 35 heavy (non-hydrogen) atoms. The Hall–Kier alpha value is -2.80. The maximum absolute atomic E-state index is 11.8. The highest BCUT2D eigenvalue weighted by Crippen LogP contribution is 2.36. The van der Waals surface area contributed by atoms with Gasteiger partial charge in [0.05, 0.1) is 0 Å². The number of anilines is 1. The molecule has 0 radical (unpaired) electrons. The van der Waals surface area contributed by atoms with Gasteiger partial charge in [-0.1, -0.05) is 35.3 Å². The number of hydrogen-bond acceptors (Lipinski definition) is 5. The molecule has 184 valence electrons. The average Bonchev–Trinajstić information content (AvgIpc) is 3.34. The van der Waals surface area contributed by atoms with Gasteiger partial charge in [-0.2, -0.15) is 0 Å². The Morgan fingerprint density at radius 2 is 1.86 bits per heavy atom. The maximum atomic E-state index is 11.8. The second-order valence-electron chi connectivity index (χ2n) is 8.89. The number of halogens is 2. The molecule has 1 atom stereocenters. The molecule has 6 nitrogen and oxygen atoms in total. The smallest absolute Gasteiger partial charge is 0.248 e. The van der Waals surface area contributed by atoms with E-state index in [0.717, 1.165) is 49.2 Å². The van der Waals surface area contributed by atoms with Crippen LogP contribution in [0.3, 0.4) is 0 Å². The second-order valence-corrected chi connectivity index (χ2v) is 9.71. The molecule has 1 aromatic heterocycles. The van der Waals surface area contributed by atoms with Crippen molar-refractivity contribution in [2.75, 3.05) is 25.4 Å². The number of hydrogen-bond donors (Lipinski definition) is 2. The van der Waals surface area contributed by atoms with Gasteiger partial charge in [0.25, 0.3) is 0 Å². The molecule has 4 rings (SSSR count). The van der Waals surface area contributed by atoms with Crippen LogP contribution in [0, 0.1) is 0 Å². The van der Waals surface area contributed by atoms with Gasteiger partial charge in [0.1, 0.15) is 6.10 Å². The van der Waals surface area contributed by atoms with Crippen LogP contribution in [0.2, 0.25) is 10.0 Å². The summed E-state index contributed by atoms with van der Waals surface area (Å²) in [4.78, 5) is 18.7. The van der Waals surface area contributed by atoms with Gasteiger partial charge >= 0.3 is 0 Å². The fourth-order valence-electron chi connectivity index (χ4n) is 4.58. The lowest BCUT2D eigenvalue weighted by Crippen LogP contribution is -2.20. The fourth-order valence-corrected chi connectivity index (χ4v) is 5.28. The lowest BCUT2D eigenvalue weighted by atomic mass is 9.95. The minimum atomic E-state index is -0.442. The van der Waals surface area contributed by atoms with Crippen molar-refractivity contribution in [3.8, 4) is 16.9 Å². The van der Waals surface area contributed by atoms with Crippen LogP contribution in [0.25, 0.3) is 11.1 Å². The number of primary amides is 1. The number of carbonyl (C=O) groups excluding carboxylic acids is 1. The van der Waals surface area contributed by atoms with Crippen LogP contribution >= 0.6 is 23.2 Å². The first-order valence-electron chi connectivity index (χ1n) is 11.8. The minimum Gasteiger partial charge on any atom is -0.482 e. The molecule has 1 unspecified atom stereocenters. The first-order chi connectivity index (χ1) is 16.8. The fraction of sp³-hybridized carbons (Fsp3) is 0.333. The van der Waals surface area contributed by atoms with E-state index in [2.05, 4.69) is 9.88 Å². The summed E-state index contributed by atoms with van der Waals surface area (Å²) < 4.78 is 6.17. The number of nitrogens with zero attached hydrogens (tertiary/aromatic N) is 2. The van der Waals surface area contributed by atoms with E-state index < -0.39 is 12.0 Å². The molecule has 0 saturated carbocycles. The standard InChI is InChI=1S/C27H30Cl2N4O2/c1-17(25-22(28)7-4-8-23(25)29)35-24-15-20(16-32-26(24)30)21-10-9-19(27(31)34)14-18(21)6-5-13-33-11-2-3-12-33/h4,7-10,14-17H,2-3,5-6,11-13H2,1H3,(H2,30,32)(H2,31,34). The van der Waals surface area contributed by atoms with Gasteiger partial charge in [-0.15, -0.1) is 0 Å².